The van der Waals surface area contributed by atoms with Crippen molar-refractivity contribution in [3.8, 4) is 11.4 Å². The van der Waals surface area contributed by atoms with Gasteiger partial charge in [-0.3, -0.25) is 9.59 Å². The normalized spacial score (nSPS) is 15.3. The fraction of sp³-hybridized carbons (Fsp3) is 0.381. The van der Waals surface area contributed by atoms with Crippen molar-refractivity contribution < 1.29 is 14.3 Å². The molecule has 1 atom stereocenters. The van der Waals surface area contributed by atoms with Crippen molar-refractivity contribution >= 4 is 39.9 Å². The Hall–Kier alpha value is -2.92. The van der Waals surface area contributed by atoms with E-state index in [0.717, 1.165) is 35.3 Å². The molecule has 0 fully saturated rings. The van der Waals surface area contributed by atoms with Gasteiger partial charge in [0.25, 0.3) is 5.91 Å². The third-order valence-corrected chi connectivity index (χ3v) is 7.44. The van der Waals surface area contributed by atoms with E-state index in [2.05, 4.69) is 27.8 Å². The number of thiophene rings is 1. The van der Waals surface area contributed by atoms with Gasteiger partial charge in [0, 0.05) is 4.88 Å². The van der Waals surface area contributed by atoms with Crippen LogP contribution in [0, 0.1) is 12.8 Å². The van der Waals surface area contributed by atoms with Crippen LogP contribution in [0.3, 0.4) is 0 Å². The van der Waals surface area contributed by atoms with Gasteiger partial charge in [-0.25, -0.2) is 0 Å². The Morgan fingerprint density at radius 1 is 1.41 bits per heavy atom. The smallest absolute Gasteiger partial charge is 0.251 e. The predicted molar refractivity (Wildman–Crippen MR) is 124 cm³/mol. The van der Waals surface area contributed by atoms with Gasteiger partial charge in [-0.2, -0.15) is 4.68 Å². The molecule has 0 aliphatic heterocycles. The van der Waals surface area contributed by atoms with Crippen LogP contribution in [0.5, 0.6) is 5.75 Å². The molecule has 9 nitrogen and oxygen atoms in total. The van der Waals surface area contributed by atoms with Crippen LogP contribution in [-0.4, -0.2) is 44.9 Å². The molecule has 11 heteroatoms. The molecule has 3 aromatic rings. The van der Waals surface area contributed by atoms with Crippen LogP contribution in [0.25, 0.3) is 5.69 Å². The minimum Gasteiger partial charge on any atom is -0.494 e. The Morgan fingerprint density at radius 2 is 2.22 bits per heavy atom. The number of rotatable bonds is 7. The van der Waals surface area contributed by atoms with Gasteiger partial charge < -0.3 is 15.8 Å². The molecule has 32 heavy (non-hydrogen) atoms. The maximum Gasteiger partial charge on any atom is 0.251 e. The molecular formula is C21H24N6O3S2. The van der Waals surface area contributed by atoms with Crippen molar-refractivity contribution in [2.24, 2.45) is 11.7 Å². The number of amides is 2. The number of carbonyl (C=O) groups is 2. The number of methoxy groups -OCH3 is 1. The van der Waals surface area contributed by atoms with Gasteiger partial charge in [0.15, 0.2) is 0 Å². The molecule has 4 rings (SSSR count). The summed E-state index contributed by atoms with van der Waals surface area (Å²) in [6, 6.07) is 5.69. The molecule has 3 N–H and O–H groups in total. The molecule has 1 aromatic carbocycles. The van der Waals surface area contributed by atoms with Crippen LogP contribution in [0.15, 0.2) is 23.4 Å². The van der Waals surface area contributed by atoms with E-state index < -0.39 is 5.91 Å². The molecule has 0 unspecified atom stereocenters. The number of fused-ring (bicyclic) bond motifs is 1. The maximum atomic E-state index is 12.7. The number of nitrogens with one attached hydrogen (secondary N) is 1. The van der Waals surface area contributed by atoms with Crippen molar-refractivity contribution in [3.63, 3.8) is 0 Å². The molecule has 1 aliphatic carbocycles. The number of benzene rings is 1. The second kappa shape index (κ2) is 9.29. The lowest BCUT2D eigenvalue weighted by Crippen LogP contribution is -2.20. The van der Waals surface area contributed by atoms with Crippen molar-refractivity contribution in [1.29, 1.82) is 0 Å². The maximum absolute atomic E-state index is 12.7. The average Bonchev–Trinajstić information content (AvgIpc) is 3.35. The number of anilines is 1. The van der Waals surface area contributed by atoms with Crippen molar-refractivity contribution in [1.82, 2.24) is 20.2 Å². The minimum absolute atomic E-state index is 0.0751. The zero-order valence-electron chi connectivity index (χ0n) is 18.0. The molecular weight excluding hydrogens is 448 g/mol. The lowest BCUT2D eigenvalue weighted by atomic mass is 9.88. The summed E-state index contributed by atoms with van der Waals surface area (Å²) in [5.41, 5.74) is 8.79. The lowest BCUT2D eigenvalue weighted by molar-refractivity contribution is -0.113. The first kappa shape index (κ1) is 22.3. The molecule has 0 saturated carbocycles. The number of nitrogens with zero attached hydrogens (tertiary/aromatic N) is 4. The quantitative estimate of drug-likeness (QED) is 0.506. The number of hydrogen-bond donors (Lipinski definition) is 2. The van der Waals surface area contributed by atoms with Crippen LogP contribution in [0.4, 0.5) is 5.00 Å². The largest absolute Gasteiger partial charge is 0.494 e. The fourth-order valence-corrected chi connectivity index (χ4v) is 5.89. The monoisotopic (exact) mass is 472 g/mol. The van der Waals surface area contributed by atoms with E-state index >= 15 is 0 Å². The zero-order valence-corrected chi connectivity index (χ0v) is 19.7. The highest BCUT2D eigenvalue weighted by atomic mass is 32.2. The van der Waals surface area contributed by atoms with E-state index in [1.165, 1.54) is 23.1 Å². The highest BCUT2D eigenvalue weighted by Gasteiger charge is 2.27. The van der Waals surface area contributed by atoms with Crippen LogP contribution in [0.2, 0.25) is 0 Å². The summed E-state index contributed by atoms with van der Waals surface area (Å²) < 4.78 is 6.96. The van der Waals surface area contributed by atoms with E-state index in [4.69, 9.17) is 10.5 Å². The van der Waals surface area contributed by atoms with Gasteiger partial charge in [-0.05, 0) is 65.8 Å². The Labute approximate surface area is 193 Å². The summed E-state index contributed by atoms with van der Waals surface area (Å²) >= 11 is 2.65. The molecule has 0 spiro atoms. The molecule has 0 radical (unpaired) electrons. The number of thioether (sulfide) groups is 1. The topological polar surface area (TPSA) is 125 Å². The highest BCUT2D eigenvalue weighted by Crippen LogP contribution is 2.39. The Bertz CT molecular complexity index is 1170. The van der Waals surface area contributed by atoms with E-state index in [-0.39, 0.29) is 11.7 Å². The second-order valence-corrected chi connectivity index (χ2v) is 9.85. The lowest BCUT2D eigenvalue weighted by Gasteiger charge is -2.18. The number of carbonyl (C=O) groups excluding carboxylic acids is 2. The highest BCUT2D eigenvalue weighted by molar-refractivity contribution is 7.99. The number of nitrogens with two attached hydrogens (primary N) is 1. The van der Waals surface area contributed by atoms with Crippen LogP contribution < -0.4 is 15.8 Å². The summed E-state index contributed by atoms with van der Waals surface area (Å²) in [6.07, 6.45) is 2.72. The molecule has 2 aromatic heterocycles. The van der Waals surface area contributed by atoms with Gasteiger partial charge in [0.05, 0.1) is 18.4 Å². The third-order valence-electron chi connectivity index (χ3n) is 5.35. The SMILES string of the molecule is COc1ccc(C)cc1-n1nnnc1SCC(=O)Nc1sc2c(c1C(N)=O)CC[C@H](C)C2. The summed E-state index contributed by atoms with van der Waals surface area (Å²) in [7, 11) is 1.58. The minimum atomic E-state index is -0.504. The van der Waals surface area contributed by atoms with Crippen molar-refractivity contribution in [2.75, 3.05) is 18.2 Å². The van der Waals surface area contributed by atoms with Gasteiger partial charge in [-0.15, -0.1) is 16.4 Å². The van der Waals surface area contributed by atoms with Crippen LogP contribution in [-0.2, 0) is 17.6 Å². The van der Waals surface area contributed by atoms with Crippen molar-refractivity contribution in [2.45, 2.75) is 38.3 Å². The summed E-state index contributed by atoms with van der Waals surface area (Å²) in [5, 5.41) is 15.7. The first-order chi connectivity index (χ1) is 15.4. The van der Waals surface area contributed by atoms with Crippen molar-refractivity contribution in [3.05, 3.63) is 39.8 Å². The average molecular weight is 473 g/mol. The van der Waals surface area contributed by atoms with Gasteiger partial charge in [-0.1, -0.05) is 24.8 Å². The summed E-state index contributed by atoms with van der Waals surface area (Å²) in [5.74, 6) is 0.494. The zero-order chi connectivity index (χ0) is 22.8. The standard InChI is InChI=1S/C21H24N6O3S2/c1-11-5-7-15(30-3)14(8-11)27-21(24-25-26-27)31-10-17(28)23-20-18(19(22)29)13-6-4-12(2)9-16(13)32-20/h5,7-8,12H,4,6,9-10H2,1-3H3,(H2,22,29)(H,23,28)/t12-/m0/s1. The van der Waals surface area contributed by atoms with E-state index in [0.29, 0.717) is 33.1 Å². The summed E-state index contributed by atoms with van der Waals surface area (Å²) in [4.78, 5) is 25.9. The van der Waals surface area contributed by atoms with Gasteiger partial charge >= 0.3 is 0 Å². The predicted octanol–water partition coefficient (Wildman–Crippen LogP) is 3.00. The Morgan fingerprint density at radius 3 is 2.97 bits per heavy atom. The summed E-state index contributed by atoms with van der Waals surface area (Å²) in [6.45, 7) is 4.15. The first-order valence-electron chi connectivity index (χ1n) is 10.2. The molecule has 1 aliphatic rings. The number of aryl methyl sites for hydroxylation is 1. The van der Waals surface area contributed by atoms with Gasteiger partial charge in [0.1, 0.15) is 16.4 Å². The van der Waals surface area contributed by atoms with E-state index in [1.54, 1.807) is 11.8 Å². The third kappa shape index (κ3) is 4.49. The van der Waals surface area contributed by atoms with Crippen LogP contribution in [0.1, 0.15) is 39.7 Å². The van der Waals surface area contributed by atoms with Gasteiger partial charge in [0.2, 0.25) is 11.1 Å². The number of aromatic nitrogens is 4. The molecule has 0 saturated heterocycles. The molecule has 2 amide bonds. The Kier molecular flexibility index (Phi) is 6.47. The molecule has 2 heterocycles. The number of hydrogen-bond acceptors (Lipinski definition) is 8. The number of primary amides is 1. The van der Waals surface area contributed by atoms with E-state index in [9.17, 15) is 9.59 Å². The molecule has 168 valence electrons. The first-order valence-corrected chi connectivity index (χ1v) is 12.0. The number of tetrazole rings is 1. The fourth-order valence-electron chi connectivity index (χ4n) is 3.78. The molecule has 0 bridgehead atoms. The Balaban J connectivity index is 1.50. The second-order valence-electron chi connectivity index (χ2n) is 7.81. The van der Waals surface area contributed by atoms with Crippen LogP contribution >= 0.6 is 23.1 Å². The number of ether oxygens (including phenoxy) is 1. The van der Waals surface area contributed by atoms with E-state index in [1.807, 2.05) is 25.1 Å².